The van der Waals surface area contributed by atoms with Gasteiger partial charge < -0.3 is 5.32 Å². The van der Waals surface area contributed by atoms with Crippen LogP contribution in [-0.4, -0.2) is 25.4 Å². The molecule has 0 aliphatic carbocycles. The number of hydrazine groups is 1. The molecule has 7 nitrogen and oxygen atoms in total. The van der Waals surface area contributed by atoms with Crippen molar-refractivity contribution in [3.8, 4) is 0 Å². The first-order valence-corrected chi connectivity index (χ1v) is 10.0. The van der Waals surface area contributed by atoms with E-state index < -0.39 is 27.5 Å². The Balaban J connectivity index is 1.94. The lowest BCUT2D eigenvalue weighted by Crippen LogP contribution is -2.47. The SMILES string of the molecule is Cc1c(Cl)cc(S(=O)(=O)NN2C(=O)NC(C)(c3ccccc3)C2=O)cc1Cl. The number of nitrogens with one attached hydrogen (secondary N) is 2. The number of nitrogens with zero attached hydrogens (tertiary/aromatic N) is 1. The Labute approximate surface area is 166 Å². The average molecular weight is 428 g/mol. The van der Waals surface area contributed by atoms with Crippen molar-refractivity contribution >= 4 is 45.2 Å². The van der Waals surface area contributed by atoms with Crippen LogP contribution in [0.2, 0.25) is 10.0 Å². The molecule has 2 N–H and O–H groups in total. The van der Waals surface area contributed by atoms with Gasteiger partial charge in [-0.2, -0.15) is 5.01 Å². The summed E-state index contributed by atoms with van der Waals surface area (Å²) in [4.78, 5) is 26.8. The number of benzene rings is 2. The molecular weight excluding hydrogens is 413 g/mol. The standard InChI is InChI=1S/C17H15Cl2N3O4S/c1-10-13(18)8-12(9-14(10)19)27(25,26)21-22-15(23)17(2,20-16(22)24)11-6-4-3-5-7-11/h3-9,21H,1-2H3,(H,20,24). The van der Waals surface area contributed by atoms with Gasteiger partial charge in [-0.05, 0) is 37.1 Å². The van der Waals surface area contributed by atoms with Crippen LogP contribution in [0.3, 0.4) is 0 Å². The summed E-state index contributed by atoms with van der Waals surface area (Å²) >= 11 is 12.0. The summed E-state index contributed by atoms with van der Waals surface area (Å²) in [6, 6.07) is 10.0. The topological polar surface area (TPSA) is 95.6 Å². The van der Waals surface area contributed by atoms with Crippen LogP contribution < -0.4 is 10.1 Å². The third-order valence-corrected chi connectivity index (χ3v) is 6.38. The lowest BCUT2D eigenvalue weighted by molar-refractivity contribution is -0.132. The summed E-state index contributed by atoms with van der Waals surface area (Å²) in [7, 11) is -4.28. The third-order valence-electron chi connectivity index (χ3n) is 4.32. The van der Waals surface area contributed by atoms with Gasteiger partial charge in [0.25, 0.3) is 15.9 Å². The number of halogens is 2. The van der Waals surface area contributed by atoms with E-state index in [2.05, 4.69) is 5.32 Å². The van der Waals surface area contributed by atoms with Crippen LogP contribution in [0.25, 0.3) is 0 Å². The first-order chi connectivity index (χ1) is 12.6. The van der Waals surface area contributed by atoms with Crippen molar-refractivity contribution in [2.45, 2.75) is 24.3 Å². The number of amides is 3. The van der Waals surface area contributed by atoms with Gasteiger partial charge in [-0.15, -0.1) is 4.83 Å². The largest absolute Gasteiger partial charge is 0.341 e. The minimum absolute atomic E-state index is 0.147. The number of hydrogen-bond acceptors (Lipinski definition) is 4. The van der Waals surface area contributed by atoms with E-state index in [4.69, 9.17) is 23.2 Å². The summed E-state index contributed by atoms with van der Waals surface area (Å²) in [6.07, 6.45) is 0. The van der Waals surface area contributed by atoms with Crippen LogP contribution in [0.5, 0.6) is 0 Å². The summed E-state index contributed by atoms with van der Waals surface area (Å²) in [6.45, 7) is 3.13. The predicted molar refractivity (Wildman–Crippen MR) is 101 cm³/mol. The van der Waals surface area contributed by atoms with Crippen molar-refractivity contribution in [3.63, 3.8) is 0 Å². The van der Waals surface area contributed by atoms with Gasteiger partial charge in [0, 0.05) is 10.0 Å². The molecule has 3 rings (SSSR count). The van der Waals surface area contributed by atoms with Gasteiger partial charge in [-0.1, -0.05) is 53.5 Å². The first-order valence-electron chi connectivity index (χ1n) is 7.76. The van der Waals surface area contributed by atoms with Gasteiger partial charge >= 0.3 is 6.03 Å². The quantitative estimate of drug-likeness (QED) is 0.732. The Hall–Kier alpha value is -2.13. The number of sulfonamides is 1. The fourth-order valence-electron chi connectivity index (χ4n) is 2.64. The van der Waals surface area contributed by atoms with E-state index in [9.17, 15) is 18.0 Å². The molecule has 0 aromatic heterocycles. The van der Waals surface area contributed by atoms with Crippen LogP contribution >= 0.6 is 23.2 Å². The highest BCUT2D eigenvalue weighted by Crippen LogP contribution is 2.30. The molecule has 10 heteroatoms. The van der Waals surface area contributed by atoms with E-state index >= 15 is 0 Å². The van der Waals surface area contributed by atoms with E-state index in [1.54, 1.807) is 37.3 Å². The normalized spacial score (nSPS) is 20.1. The minimum atomic E-state index is -4.28. The Morgan fingerprint density at radius 1 is 1.07 bits per heavy atom. The van der Waals surface area contributed by atoms with Gasteiger partial charge in [0.1, 0.15) is 5.54 Å². The van der Waals surface area contributed by atoms with Crippen LogP contribution in [0.15, 0.2) is 47.4 Å². The predicted octanol–water partition coefficient (Wildman–Crippen LogP) is 2.96. The molecule has 0 saturated carbocycles. The molecular formula is C17H15Cl2N3O4S. The van der Waals surface area contributed by atoms with Crippen LogP contribution in [0, 0.1) is 6.92 Å². The van der Waals surface area contributed by atoms with Crippen LogP contribution in [-0.2, 0) is 20.4 Å². The van der Waals surface area contributed by atoms with Crippen molar-refractivity contribution in [2.75, 3.05) is 0 Å². The smallest absolute Gasteiger partial charge is 0.318 e. The second kappa shape index (κ2) is 6.79. The summed E-state index contributed by atoms with van der Waals surface area (Å²) in [5.74, 6) is -0.758. The minimum Gasteiger partial charge on any atom is -0.318 e. The lowest BCUT2D eigenvalue weighted by atomic mass is 9.92. The molecule has 0 radical (unpaired) electrons. The van der Waals surface area contributed by atoms with Gasteiger partial charge in [-0.3, -0.25) is 4.79 Å². The second-order valence-electron chi connectivity index (χ2n) is 6.17. The molecule has 1 unspecified atom stereocenters. The summed E-state index contributed by atoms with van der Waals surface area (Å²) in [5, 5.41) is 3.24. The second-order valence-corrected chi connectivity index (χ2v) is 8.64. The number of carbonyl (C=O) groups is 2. The molecule has 1 aliphatic heterocycles. The Morgan fingerprint density at radius 3 is 2.19 bits per heavy atom. The van der Waals surface area contributed by atoms with E-state index in [0.29, 0.717) is 16.1 Å². The fraction of sp³-hybridized carbons (Fsp3) is 0.176. The monoisotopic (exact) mass is 427 g/mol. The molecule has 1 atom stereocenters. The third kappa shape index (κ3) is 3.41. The number of hydrogen-bond donors (Lipinski definition) is 2. The molecule has 3 amide bonds. The molecule has 2 aromatic carbocycles. The van der Waals surface area contributed by atoms with E-state index in [-0.39, 0.29) is 14.9 Å². The zero-order valence-electron chi connectivity index (χ0n) is 14.3. The van der Waals surface area contributed by atoms with Crippen molar-refractivity contribution in [2.24, 2.45) is 0 Å². The van der Waals surface area contributed by atoms with E-state index in [0.717, 1.165) is 0 Å². The maximum absolute atomic E-state index is 12.8. The zero-order valence-corrected chi connectivity index (χ0v) is 16.6. The van der Waals surface area contributed by atoms with Crippen molar-refractivity contribution in [3.05, 3.63) is 63.6 Å². The maximum Gasteiger partial charge on any atom is 0.341 e. The molecule has 1 fully saturated rings. The highest BCUT2D eigenvalue weighted by Gasteiger charge is 2.50. The molecule has 1 heterocycles. The zero-order chi connectivity index (χ0) is 20.0. The Kier molecular flexibility index (Phi) is 4.94. The lowest BCUT2D eigenvalue weighted by Gasteiger charge is -2.22. The molecule has 2 aromatic rings. The number of imide groups is 1. The average Bonchev–Trinajstić information content (AvgIpc) is 2.84. The van der Waals surface area contributed by atoms with Gasteiger partial charge in [0.15, 0.2) is 0 Å². The van der Waals surface area contributed by atoms with Crippen molar-refractivity contribution < 1.29 is 18.0 Å². The number of rotatable bonds is 4. The fourth-order valence-corrected chi connectivity index (χ4v) is 4.31. The Bertz CT molecular complexity index is 1020. The Morgan fingerprint density at radius 2 is 1.63 bits per heavy atom. The molecule has 0 spiro atoms. The molecule has 142 valence electrons. The van der Waals surface area contributed by atoms with E-state index in [1.807, 2.05) is 4.83 Å². The van der Waals surface area contributed by atoms with Gasteiger partial charge in [-0.25, -0.2) is 13.2 Å². The van der Waals surface area contributed by atoms with Gasteiger partial charge in [0.2, 0.25) is 0 Å². The molecule has 1 saturated heterocycles. The van der Waals surface area contributed by atoms with Crippen molar-refractivity contribution in [1.29, 1.82) is 0 Å². The van der Waals surface area contributed by atoms with Crippen LogP contribution in [0.4, 0.5) is 4.79 Å². The number of urea groups is 1. The highest BCUT2D eigenvalue weighted by molar-refractivity contribution is 7.89. The van der Waals surface area contributed by atoms with Gasteiger partial charge in [0.05, 0.1) is 4.90 Å². The highest BCUT2D eigenvalue weighted by atomic mass is 35.5. The summed E-state index contributed by atoms with van der Waals surface area (Å²) in [5.41, 5.74) is -0.362. The van der Waals surface area contributed by atoms with E-state index in [1.165, 1.54) is 19.1 Å². The maximum atomic E-state index is 12.8. The molecule has 27 heavy (non-hydrogen) atoms. The van der Waals surface area contributed by atoms with Crippen molar-refractivity contribution in [1.82, 2.24) is 15.2 Å². The molecule has 0 bridgehead atoms. The van der Waals surface area contributed by atoms with Crippen LogP contribution in [0.1, 0.15) is 18.1 Å². The summed E-state index contributed by atoms with van der Waals surface area (Å²) < 4.78 is 25.3. The number of carbonyl (C=O) groups excluding carboxylic acids is 2. The molecule has 1 aliphatic rings. The first kappa shape index (κ1) is 19.6.